The zero-order chi connectivity index (χ0) is 12.5. The molecule has 0 atom stereocenters. The van der Waals surface area contributed by atoms with Gasteiger partial charge in [0.1, 0.15) is 5.75 Å². The van der Waals surface area contributed by atoms with Crippen LogP contribution in [0.25, 0.3) is 10.8 Å². The van der Waals surface area contributed by atoms with Gasteiger partial charge in [0, 0.05) is 10.9 Å². The van der Waals surface area contributed by atoms with Crippen LogP contribution in [0.5, 0.6) is 5.75 Å². The lowest BCUT2D eigenvalue weighted by Crippen LogP contribution is -2.01. The number of carbonyl (C=O) groups excluding carboxylic acids is 1. The van der Waals surface area contributed by atoms with Crippen molar-refractivity contribution >= 4 is 28.7 Å². The van der Waals surface area contributed by atoms with E-state index in [-0.39, 0.29) is 0 Å². The minimum absolute atomic E-state index is 0.511. The van der Waals surface area contributed by atoms with Gasteiger partial charge in [-0.1, -0.05) is 35.9 Å². The van der Waals surface area contributed by atoms with Crippen molar-refractivity contribution in [3.63, 3.8) is 0 Å². The molecule has 1 aliphatic carbocycles. The summed E-state index contributed by atoms with van der Waals surface area (Å²) in [6.45, 7) is 0.712. The Morgan fingerprint density at radius 2 is 2.00 bits per heavy atom. The van der Waals surface area contributed by atoms with Crippen LogP contribution in [0.15, 0.2) is 30.3 Å². The lowest BCUT2D eigenvalue weighted by Gasteiger charge is -2.12. The van der Waals surface area contributed by atoms with Gasteiger partial charge in [-0.2, -0.15) is 0 Å². The maximum atomic E-state index is 11.1. The van der Waals surface area contributed by atoms with E-state index in [9.17, 15) is 4.79 Å². The Labute approximate surface area is 111 Å². The smallest absolute Gasteiger partial charge is 0.150 e. The van der Waals surface area contributed by atoms with Crippen molar-refractivity contribution in [3.8, 4) is 5.75 Å². The largest absolute Gasteiger partial charge is 0.491 e. The summed E-state index contributed by atoms with van der Waals surface area (Å²) in [6.07, 6.45) is 3.31. The van der Waals surface area contributed by atoms with Crippen molar-refractivity contribution < 1.29 is 9.53 Å². The molecule has 0 unspecified atom stereocenters. The van der Waals surface area contributed by atoms with Crippen molar-refractivity contribution in [1.29, 1.82) is 0 Å². The molecule has 3 rings (SSSR count). The lowest BCUT2D eigenvalue weighted by molar-refractivity contribution is 0.112. The summed E-state index contributed by atoms with van der Waals surface area (Å²) in [5, 5.41) is 2.31. The fourth-order valence-electron chi connectivity index (χ4n) is 2.07. The standard InChI is InChI=1S/C15H13ClO2/c16-14-7-11(8-17)12-3-1-2-4-13(12)15(14)18-9-10-5-6-10/h1-4,7-8,10H,5-6,9H2. The third-order valence-electron chi connectivity index (χ3n) is 3.27. The molecular formula is C15H13ClO2. The van der Waals surface area contributed by atoms with Gasteiger partial charge in [0.25, 0.3) is 0 Å². The number of ether oxygens (including phenoxy) is 1. The number of hydrogen-bond donors (Lipinski definition) is 0. The summed E-state index contributed by atoms with van der Waals surface area (Å²) in [5.41, 5.74) is 0.606. The summed E-state index contributed by atoms with van der Waals surface area (Å²) >= 11 is 6.21. The summed E-state index contributed by atoms with van der Waals surface area (Å²) in [6, 6.07) is 9.38. The van der Waals surface area contributed by atoms with Crippen molar-refractivity contribution in [2.45, 2.75) is 12.8 Å². The molecule has 0 aromatic heterocycles. The first-order chi connectivity index (χ1) is 8.79. The van der Waals surface area contributed by atoms with E-state index >= 15 is 0 Å². The zero-order valence-corrected chi connectivity index (χ0v) is 10.6. The summed E-state index contributed by atoms with van der Waals surface area (Å²) in [7, 11) is 0. The SMILES string of the molecule is O=Cc1cc(Cl)c(OCC2CC2)c2ccccc12. The van der Waals surface area contributed by atoms with E-state index in [0.717, 1.165) is 17.1 Å². The molecule has 92 valence electrons. The fraction of sp³-hybridized carbons (Fsp3) is 0.267. The second kappa shape index (κ2) is 4.62. The first-order valence-electron chi connectivity index (χ1n) is 6.09. The van der Waals surface area contributed by atoms with E-state index in [2.05, 4.69) is 0 Å². The van der Waals surface area contributed by atoms with Crippen LogP contribution in [0.3, 0.4) is 0 Å². The minimum atomic E-state index is 0.511. The number of carbonyl (C=O) groups is 1. The van der Waals surface area contributed by atoms with E-state index in [1.54, 1.807) is 6.07 Å². The molecule has 1 aliphatic rings. The van der Waals surface area contributed by atoms with Crippen LogP contribution in [0.4, 0.5) is 0 Å². The van der Waals surface area contributed by atoms with Crippen LogP contribution in [0.2, 0.25) is 5.02 Å². The topological polar surface area (TPSA) is 26.3 Å². The van der Waals surface area contributed by atoms with Crippen molar-refractivity contribution in [1.82, 2.24) is 0 Å². The van der Waals surface area contributed by atoms with E-state index in [1.807, 2.05) is 24.3 Å². The van der Waals surface area contributed by atoms with Crippen molar-refractivity contribution in [3.05, 3.63) is 40.9 Å². The third-order valence-corrected chi connectivity index (χ3v) is 3.55. The van der Waals surface area contributed by atoms with Crippen LogP contribution in [-0.2, 0) is 0 Å². The molecule has 0 saturated heterocycles. The first-order valence-corrected chi connectivity index (χ1v) is 6.46. The molecule has 2 aromatic carbocycles. The molecule has 18 heavy (non-hydrogen) atoms. The maximum absolute atomic E-state index is 11.1. The molecule has 0 aliphatic heterocycles. The molecule has 2 aromatic rings. The molecule has 0 N–H and O–H groups in total. The number of aldehydes is 1. The van der Waals surface area contributed by atoms with Gasteiger partial charge in [-0.15, -0.1) is 0 Å². The van der Waals surface area contributed by atoms with Crippen molar-refractivity contribution in [2.24, 2.45) is 5.92 Å². The van der Waals surface area contributed by atoms with E-state index in [0.29, 0.717) is 28.9 Å². The second-order valence-electron chi connectivity index (χ2n) is 4.69. The monoisotopic (exact) mass is 260 g/mol. The Balaban J connectivity index is 2.10. The molecule has 3 heteroatoms. The molecule has 1 saturated carbocycles. The highest BCUT2D eigenvalue weighted by atomic mass is 35.5. The molecule has 0 heterocycles. The van der Waals surface area contributed by atoms with E-state index in [1.165, 1.54) is 12.8 Å². The zero-order valence-electron chi connectivity index (χ0n) is 9.86. The molecule has 0 bridgehead atoms. The van der Waals surface area contributed by atoms with Crippen LogP contribution >= 0.6 is 11.6 Å². The summed E-state index contributed by atoms with van der Waals surface area (Å²) < 4.78 is 5.83. The number of benzene rings is 2. The second-order valence-corrected chi connectivity index (χ2v) is 5.10. The van der Waals surface area contributed by atoms with Crippen LogP contribution in [-0.4, -0.2) is 12.9 Å². The van der Waals surface area contributed by atoms with Crippen LogP contribution in [0, 0.1) is 5.92 Å². The number of halogens is 1. The molecule has 1 fully saturated rings. The molecule has 0 spiro atoms. The summed E-state index contributed by atoms with van der Waals surface area (Å²) in [5.74, 6) is 1.37. The minimum Gasteiger partial charge on any atom is -0.491 e. The highest BCUT2D eigenvalue weighted by Gasteiger charge is 2.23. The van der Waals surface area contributed by atoms with Crippen LogP contribution < -0.4 is 4.74 Å². The van der Waals surface area contributed by atoms with E-state index < -0.39 is 0 Å². The number of hydrogen-bond acceptors (Lipinski definition) is 2. The third kappa shape index (κ3) is 2.08. The molecular weight excluding hydrogens is 248 g/mol. The normalized spacial score (nSPS) is 14.7. The quantitative estimate of drug-likeness (QED) is 0.774. The number of fused-ring (bicyclic) bond motifs is 1. The predicted octanol–water partition coefficient (Wildman–Crippen LogP) is 4.09. The maximum Gasteiger partial charge on any atom is 0.150 e. The van der Waals surface area contributed by atoms with Gasteiger partial charge in [0.15, 0.2) is 6.29 Å². The Bertz CT molecular complexity index is 603. The van der Waals surface area contributed by atoms with Gasteiger partial charge in [0.05, 0.1) is 11.6 Å². The van der Waals surface area contributed by atoms with Gasteiger partial charge in [-0.3, -0.25) is 4.79 Å². The predicted molar refractivity (Wildman–Crippen MR) is 72.6 cm³/mol. The van der Waals surface area contributed by atoms with E-state index in [4.69, 9.17) is 16.3 Å². The van der Waals surface area contributed by atoms with Gasteiger partial charge in [0.2, 0.25) is 0 Å². The molecule has 2 nitrogen and oxygen atoms in total. The Kier molecular flexibility index (Phi) is 2.96. The van der Waals surface area contributed by atoms with Gasteiger partial charge < -0.3 is 4.74 Å². The molecule has 0 amide bonds. The Morgan fingerprint density at radius 3 is 2.67 bits per heavy atom. The van der Waals surface area contributed by atoms with Crippen molar-refractivity contribution in [2.75, 3.05) is 6.61 Å². The van der Waals surface area contributed by atoms with Crippen LogP contribution in [0.1, 0.15) is 23.2 Å². The Morgan fingerprint density at radius 1 is 1.28 bits per heavy atom. The Hall–Kier alpha value is -1.54. The fourth-order valence-corrected chi connectivity index (χ4v) is 2.35. The van der Waals surface area contributed by atoms with Gasteiger partial charge >= 0.3 is 0 Å². The average Bonchev–Trinajstić information content (AvgIpc) is 3.21. The highest BCUT2D eigenvalue weighted by molar-refractivity contribution is 6.34. The molecule has 0 radical (unpaired) electrons. The van der Waals surface area contributed by atoms with Gasteiger partial charge in [-0.05, 0) is 30.2 Å². The summed E-state index contributed by atoms with van der Waals surface area (Å²) in [4.78, 5) is 11.1. The number of rotatable bonds is 4. The van der Waals surface area contributed by atoms with Gasteiger partial charge in [-0.25, -0.2) is 0 Å². The lowest BCUT2D eigenvalue weighted by atomic mass is 10.0. The average molecular weight is 261 g/mol. The highest BCUT2D eigenvalue weighted by Crippen LogP contribution is 2.37. The first kappa shape index (κ1) is 11.5.